The zero-order valence-electron chi connectivity index (χ0n) is 16.3. The first-order chi connectivity index (χ1) is 15.1. The average Bonchev–Trinajstić information content (AvgIpc) is 2.80. The van der Waals surface area contributed by atoms with E-state index in [9.17, 15) is 14.0 Å². The van der Waals surface area contributed by atoms with E-state index in [1.165, 1.54) is 24.3 Å². The first-order valence-corrected chi connectivity index (χ1v) is 9.50. The molecule has 2 aromatic carbocycles. The zero-order valence-corrected chi connectivity index (χ0v) is 16.3. The molecular formula is C24H16F2N4O. The number of hydrogen-bond acceptors (Lipinski definition) is 5. The van der Waals surface area contributed by atoms with Crippen molar-refractivity contribution in [2.45, 2.75) is 6.42 Å². The number of hydrogen-bond donors (Lipinski definition) is 0. The van der Waals surface area contributed by atoms with Crippen molar-refractivity contribution in [3.63, 3.8) is 0 Å². The van der Waals surface area contributed by atoms with Gasteiger partial charge in [0.1, 0.15) is 23.4 Å². The lowest BCUT2D eigenvalue weighted by atomic mass is 10.0. The van der Waals surface area contributed by atoms with Crippen LogP contribution in [0, 0.1) is 23.0 Å². The topological polar surface area (TPSA) is 71.7 Å². The Labute approximate surface area is 177 Å². The molecule has 0 unspecified atom stereocenters. The Bertz CT molecular complexity index is 1220. The Kier molecular flexibility index (Phi) is 5.90. The van der Waals surface area contributed by atoms with Crippen LogP contribution >= 0.6 is 0 Å². The van der Waals surface area contributed by atoms with Gasteiger partial charge in [-0.1, -0.05) is 0 Å². The number of halogens is 2. The van der Waals surface area contributed by atoms with Crippen molar-refractivity contribution in [1.82, 2.24) is 15.0 Å². The maximum Gasteiger partial charge on any atom is 0.251 e. The lowest BCUT2D eigenvalue weighted by Gasteiger charge is -2.13. The molecule has 5 nitrogen and oxygen atoms in total. The van der Waals surface area contributed by atoms with E-state index in [2.05, 4.69) is 15.0 Å². The molecule has 31 heavy (non-hydrogen) atoms. The molecule has 0 aliphatic rings. The number of rotatable bonds is 6. The quantitative estimate of drug-likeness (QED) is 0.445. The lowest BCUT2D eigenvalue weighted by molar-refractivity contribution is 0.307. The zero-order chi connectivity index (χ0) is 21.6. The molecule has 4 rings (SSSR count). The van der Waals surface area contributed by atoms with Crippen LogP contribution in [0.1, 0.15) is 11.3 Å². The van der Waals surface area contributed by atoms with Crippen LogP contribution in [0.3, 0.4) is 0 Å². The van der Waals surface area contributed by atoms with Crippen molar-refractivity contribution in [3.8, 4) is 34.5 Å². The van der Waals surface area contributed by atoms with Crippen LogP contribution in [0.4, 0.5) is 8.78 Å². The summed E-state index contributed by atoms with van der Waals surface area (Å²) in [5, 5.41) is 9.60. The molecule has 4 aromatic rings. The van der Waals surface area contributed by atoms with Gasteiger partial charge < -0.3 is 4.74 Å². The molecule has 0 radical (unpaired) electrons. The number of nitriles is 1. The standard InChI is InChI=1S/C24H16F2N4O/c25-19-5-1-17(2-6-19)22-23(18-3-7-20(26)8-4-18)30-24(21(15-27)29-22)31-14-11-16-9-12-28-13-10-16/h1-10,12-13H,11,14H2. The van der Waals surface area contributed by atoms with E-state index < -0.39 is 5.82 Å². The SMILES string of the molecule is N#Cc1nc(-c2ccc(F)cc2)c(-c2ccc(F)cc2)nc1OCCc1ccncc1. The van der Waals surface area contributed by atoms with E-state index >= 15 is 0 Å². The molecule has 2 heterocycles. The second kappa shape index (κ2) is 9.09. The average molecular weight is 414 g/mol. The van der Waals surface area contributed by atoms with Gasteiger partial charge in [-0.15, -0.1) is 0 Å². The first kappa shape index (κ1) is 20.1. The van der Waals surface area contributed by atoms with Crippen molar-refractivity contribution in [3.05, 3.63) is 95.9 Å². The minimum atomic E-state index is -0.392. The molecule has 0 aliphatic heterocycles. The maximum absolute atomic E-state index is 13.4. The number of benzene rings is 2. The summed E-state index contributed by atoms with van der Waals surface area (Å²) in [5.41, 5.74) is 3.00. The molecule has 0 saturated carbocycles. The van der Waals surface area contributed by atoms with Crippen molar-refractivity contribution < 1.29 is 13.5 Å². The largest absolute Gasteiger partial charge is 0.475 e. The minimum Gasteiger partial charge on any atom is -0.475 e. The highest BCUT2D eigenvalue weighted by molar-refractivity contribution is 5.78. The second-order valence-corrected chi connectivity index (χ2v) is 6.65. The fourth-order valence-electron chi connectivity index (χ4n) is 3.03. The Morgan fingerprint density at radius 1 is 0.774 bits per heavy atom. The van der Waals surface area contributed by atoms with Gasteiger partial charge in [0, 0.05) is 29.9 Å². The summed E-state index contributed by atoms with van der Waals surface area (Å²) in [5.74, 6) is -0.694. The molecule has 0 saturated heterocycles. The van der Waals surface area contributed by atoms with Crippen LogP contribution in [0.5, 0.6) is 5.88 Å². The smallest absolute Gasteiger partial charge is 0.251 e. The van der Waals surface area contributed by atoms with Crippen LogP contribution in [0.2, 0.25) is 0 Å². The Balaban J connectivity index is 1.73. The van der Waals surface area contributed by atoms with Gasteiger partial charge in [0.2, 0.25) is 5.69 Å². The van der Waals surface area contributed by atoms with Gasteiger partial charge in [0.15, 0.2) is 0 Å². The third-order valence-corrected chi connectivity index (χ3v) is 4.58. The van der Waals surface area contributed by atoms with E-state index in [1.807, 2.05) is 18.2 Å². The molecule has 0 amide bonds. The number of ether oxygens (including phenoxy) is 1. The van der Waals surface area contributed by atoms with Crippen molar-refractivity contribution >= 4 is 0 Å². The van der Waals surface area contributed by atoms with E-state index in [-0.39, 0.29) is 24.0 Å². The van der Waals surface area contributed by atoms with Crippen molar-refractivity contribution in [1.29, 1.82) is 5.26 Å². The molecule has 152 valence electrons. The Hall–Kier alpha value is -4.18. The van der Waals surface area contributed by atoms with Crippen LogP contribution in [-0.4, -0.2) is 21.6 Å². The molecule has 0 atom stereocenters. The summed E-state index contributed by atoms with van der Waals surface area (Å²) in [6.07, 6.45) is 3.99. The third-order valence-electron chi connectivity index (χ3n) is 4.58. The monoisotopic (exact) mass is 414 g/mol. The van der Waals surface area contributed by atoms with Crippen LogP contribution < -0.4 is 4.74 Å². The van der Waals surface area contributed by atoms with E-state index in [4.69, 9.17) is 4.74 Å². The molecular weight excluding hydrogens is 398 g/mol. The molecule has 0 fully saturated rings. The minimum absolute atomic E-state index is 0.0138. The molecule has 0 N–H and O–H groups in total. The van der Waals surface area contributed by atoms with Gasteiger partial charge in [-0.25, -0.2) is 18.7 Å². The normalized spacial score (nSPS) is 10.5. The molecule has 0 spiro atoms. The fraction of sp³-hybridized carbons (Fsp3) is 0.0833. The molecule has 7 heteroatoms. The van der Waals surface area contributed by atoms with Crippen LogP contribution in [-0.2, 0) is 6.42 Å². The molecule has 2 aromatic heterocycles. The highest BCUT2D eigenvalue weighted by Crippen LogP contribution is 2.32. The second-order valence-electron chi connectivity index (χ2n) is 6.65. The van der Waals surface area contributed by atoms with Gasteiger partial charge in [-0.3, -0.25) is 4.98 Å². The van der Waals surface area contributed by atoms with Gasteiger partial charge >= 0.3 is 0 Å². The highest BCUT2D eigenvalue weighted by atomic mass is 19.1. The fourth-order valence-corrected chi connectivity index (χ4v) is 3.03. The molecule has 0 bridgehead atoms. The Morgan fingerprint density at radius 3 is 1.87 bits per heavy atom. The predicted octanol–water partition coefficient (Wildman–Crippen LogP) is 4.98. The summed E-state index contributed by atoms with van der Waals surface area (Å²) >= 11 is 0. The third kappa shape index (κ3) is 4.70. The summed E-state index contributed by atoms with van der Waals surface area (Å²) < 4.78 is 32.6. The van der Waals surface area contributed by atoms with Gasteiger partial charge in [0.25, 0.3) is 5.88 Å². The Morgan fingerprint density at radius 2 is 1.32 bits per heavy atom. The van der Waals surface area contributed by atoms with Crippen molar-refractivity contribution in [2.75, 3.05) is 6.61 Å². The molecule has 0 aliphatic carbocycles. The predicted molar refractivity (Wildman–Crippen MR) is 111 cm³/mol. The van der Waals surface area contributed by atoms with Crippen LogP contribution in [0.25, 0.3) is 22.5 Å². The first-order valence-electron chi connectivity index (χ1n) is 9.50. The highest BCUT2D eigenvalue weighted by Gasteiger charge is 2.18. The van der Waals surface area contributed by atoms with Gasteiger partial charge in [0.05, 0.1) is 12.3 Å². The number of pyridine rings is 1. The maximum atomic E-state index is 13.4. The van der Waals surface area contributed by atoms with E-state index in [0.29, 0.717) is 28.9 Å². The summed E-state index contributed by atoms with van der Waals surface area (Å²) in [6.45, 7) is 0.284. The van der Waals surface area contributed by atoms with Gasteiger partial charge in [-0.2, -0.15) is 5.26 Å². The summed E-state index contributed by atoms with van der Waals surface area (Å²) in [7, 11) is 0. The number of aromatic nitrogens is 3. The lowest BCUT2D eigenvalue weighted by Crippen LogP contribution is -2.07. The van der Waals surface area contributed by atoms with E-state index in [0.717, 1.165) is 5.56 Å². The van der Waals surface area contributed by atoms with E-state index in [1.54, 1.807) is 36.7 Å². The van der Waals surface area contributed by atoms with Gasteiger partial charge in [-0.05, 0) is 66.2 Å². The van der Waals surface area contributed by atoms with Crippen molar-refractivity contribution in [2.24, 2.45) is 0 Å². The number of nitrogens with zero attached hydrogens (tertiary/aromatic N) is 4. The van der Waals surface area contributed by atoms with Crippen LogP contribution in [0.15, 0.2) is 73.1 Å². The summed E-state index contributed by atoms with van der Waals surface area (Å²) in [4.78, 5) is 13.0. The summed E-state index contributed by atoms with van der Waals surface area (Å²) in [6, 6.07) is 17.2.